The second-order valence-electron chi connectivity index (χ2n) is 6.38. The molecule has 130 valence electrons. The molecule has 1 aromatic carbocycles. The maximum atomic E-state index is 12.7. The SMILES string of the molecule is CCCn1c(=O)c2ccccc2n(CC(=O)NCCC(C)C)c1=O. The van der Waals surface area contributed by atoms with Crippen molar-refractivity contribution in [1.29, 1.82) is 0 Å². The van der Waals surface area contributed by atoms with Crippen molar-refractivity contribution in [2.75, 3.05) is 6.54 Å². The highest BCUT2D eigenvalue weighted by Crippen LogP contribution is 2.07. The van der Waals surface area contributed by atoms with E-state index >= 15 is 0 Å². The Balaban J connectivity index is 2.40. The highest BCUT2D eigenvalue weighted by atomic mass is 16.2. The van der Waals surface area contributed by atoms with E-state index in [1.165, 1.54) is 9.13 Å². The van der Waals surface area contributed by atoms with Crippen molar-refractivity contribution in [3.05, 3.63) is 45.1 Å². The third-order valence-electron chi connectivity index (χ3n) is 3.93. The van der Waals surface area contributed by atoms with Crippen molar-refractivity contribution in [3.63, 3.8) is 0 Å². The molecule has 24 heavy (non-hydrogen) atoms. The van der Waals surface area contributed by atoms with Crippen molar-refractivity contribution >= 4 is 16.8 Å². The molecule has 6 nitrogen and oxygen atoms in total. The molecule has 1 N–H and O–H groups in total. The normalized spacial score (nSPS) is 11.2. The Morgan fingerprint density at radius 1 is 1.17 bits per heavy atom. The fraction of sp³-hybridized carbons (Fsp3) is 0.500. The average Bonchev–Trinajstić information content (AvgIpc) is 2.55. The topological polar surface area (TPSA) is 73.1 Å². The number of benzene rings is 1. The summed E-state index contributed by atoms with van der Waals surface area (Å²) in [4.78, 5) is 37.3. The molecule has 0 saturated carbocycles. The lowest BCUT2D eigenvalue weighted by Crippen LogP contribution is -2.42. The number of fused-ring (bicyclic) bond motifs is 1. The summed E-state index contributed by atoms with van der Waals surface area (Å²) in [6.45, 7) is 6.93. The first-order valence-corrected chi connectivity index (χ1v) is 8.44. The van der Waals surface area contributed by atoms with Gasteiger partial charge in [0.2, 0.25) is 5.91 Å². The number of carbonyl (C=O) groups excluding carboxylic acids is 1. The number of nitrogens with one attached hydrogen (secondary N) is 1. The van der Waals surface area contributed by atoms with Crippen LogP contribution < -0.4 is 16.6 Å². The maximum absolute atomic E-state index is 12.7. The van der Waals surface area contributed by atoms with E-state index in [1.807, 2.05) is 6.92 Å². The van der Waals surface area contributed by atoms with E-state index in [1.54, 1.807) is 24.3 Å². The predicted octanol–water partition coefficient (Wildman–Crippen LogP) is 1.74. The van der Waals surface area contributed by atoms with Gasteiger partial charge in [0.25, 0.3) is 5.56 Å². The van der Waals surface area contributed by atoms with E-state index < -0.39 is 5.69 Å². The van der Waals surface area contributed by atoms with E-state index in [2.05, 4.69) is 19.2 Å². The quantitative estimate of drug-likeness (QED) is 0.840. The number of aromatic nitrogens is 2. The highest BCUT2D eigenvalue weighted by molar-refractivity contribution is 5.81. The molecule has 0 aliphatic rings. The lowest BCUT2D eigenvalue weighted by molar-refractivity contribution is -0.121. The van der Waals surface area contributed by atoms with Crippen LogP contribution in [0.3, 0.4) is 0 Å². The summed E-state index contributed by atoms with van der Waals surface area (Å²) < 4.78 is 2.60. The molecule has 0 spiro atoms. The van der Waals surface area contributed by atoms with Crippen LogP contribution in [-0.2, 0) is 17.9 Å². The summed E-state index contributed by atoms with van der Waals surface area (Å²) in [6.07, 6.45) is 1.56. The molecule has 0 radical (unpaired) electrons. The van der Waals surface area contributed by atoms with Gasteiger partial charge in [0.05, 0.1) is 10.9 Å². The van der Waals surface area contributed by atoms with Gasteiger partial charge in [-0.25, -0.2) is 4.79 Å². The minimum atomic E-state index is -0.431. The van der Waals surface area contributed by atoms with Gasteiger partial charge in [-0.3, -0.25) is 18.7 Å². The molecule has 1 amide bonds. The minimum absolute atomic E-state index is 0.0819. The van der Waals surface area contributed by atoms with Crippen LogP contribution in [0.1, 0.15) is 33.6 Å². The van der Waals surface area contributed by atoms with Crippen molar-refractivity contribution < 1.29 is 4.79 Å². The molecule has 6 heteroatoms. The van der Waals surface area contributed by atoms with Gasteiger partial charge in [-0.2, -0.15) is 0 Å². The van der Waals surface area contributed by atoms with Gasteiger partial charge in [0, 0.05) is 13.1 Å². The fourth-order valence-corrected chi connectivity index (χ4v) is 2.64. The van der Waals surface area contributed by atoms with Crippen molar-refractivity contribution in [2.24, 2.45) is 5.92 Å². The molecule has 0 aliphatic carbocycles. The molecule has 2 aromatic rings. The first-order valence-electron chi connectivity index (χ1n) is 8.44. The standard InChI is InChI=1S/C18H25N3O3/c1-4-11-20-17(23)14-7-5-6-8-15(14)21(18(20)24)12-16(22)19-10-9-13(2)3/h5-8,13H,4,9-12H2,1-3H3,(H,19,22). The Hall–Kier alpha value is -2.37. The Kier molecular flexibility index (Phi) is 5.95. The fourth-order valence-electron chi connectivity index (χ4n) is 2.64. The van der Waals surface area contributed by atoms with Crippen molar-refractivity contribution in [3.8, 4) is 0 Å². The minimum Gasteiger partial charge on any atom is -0.355 e. The highest BCUT2D eigenvalue weighted by Gasteiger charge is 2.14. The van der Waals surface area contributed by atoms with E-state index in [9.17, 15) is 14.4 Å². The lowest BCUT2D eigenvalue weighted by Gasteiger charge is -2.14. The molecular formula is C18H25N3O3. The molecule has 0 unspecified atom stereocenters. The Labute approximate surface area is 141 Å². The van der Waals surface area contributed by atoms with E-state index in [-0.39, 0.29) is 18.0 Å². The first-order chi connectivity index (χ1) is 11.5. The van der Waals surface area contributed by atoms with Crippen LogP contribution in [-0.4, -0.2) is 21.6 Å². The zero-order valence-corrected chi connectivity index (χ0v) is 14.5. The van der Waals surface area contributed by atoms with E-state index in [4.69, 9.17) is 0 Å². The second kappa shape index (κ2) is 7.95. The summed E-state index contributed by atoms with van der Waals surface area (Å²) in [7, 11) is 0. The van der Waals surface area contributed by atoms with Gasteiger partial charge in [-0.15, -0.1) is 0 Å². The van der Waals surface area contributed by atoms with Gasteiger partial charge < -0.3 is 5.32 Å². The van der Waals surface area contributed by atoms with Crippen molar-refractivity contribution in [1.82, 2.24) is 14.5 Å². The van der Waals surface area contributed by atoms with Gasteiger partial charge >= 0.3 is 5.69 Å². The molecule has 0 atom stereocenters. The van der Waals surface area contributed by atoms with E-state index in [0.717, 1.165) is 6.42 Å². The molecule has 0 aliphatic heterocycles. The molecule has 0 fully saturated rings. The molecule has 1 aromatic heterocycles. The maximum Gasteiger partial charge on any atom is 0.331 e. The zero-order valence-electron chi connectivity index (χ0n) is 14.5. The Bertz CT molecular complexity index is 833. The second-order valence-corrected chi connectivity index (χ2v) is 6.38. The summed E-state index contributed by atoms with van der Waals surface area (Å²) in [6, 6.07) is 6.92. The number of carbonyl (C=O) groups is 1. The van der Waals surface area contributed by atoms with Crippen LogP contribution in [0.25, 0.3) is 10.9 Å². The first kappa shape index (κ1) is 18.0. The summed E-state index contributed by atoms with van der Waals surface area (Å²) in [5, 5.41) is 3.29. The molecule has 0 bridgehead atoms. The largest absolute Gasteiger partial charge is 0.355 e. The smallest absolute Gasteiger partial charge is 0.331 e. The van der Waals surface area contributed by atoms with Crippen LogP contribution in [0, 0.1) is 5.92 Å². The third kappa shape index (κ3) is 3.93. The summed E-state index contributed by atoms with van der Waals surface area (Å²) in [5.41, 5.74) is -0.229. The van der Waals surface area contributed by atoms with Gasteiger partial charge in [0.15, 0.2) is 0 Å². The molecule has 1 heterocycles. The van der Waals surface area contributed by atoms with Crippen LogP contribution in [0.2, 0.25) is 0 Å². The average molecular weight is 331 g/mol. The van der Waals surface area contributed by atoms with Gasteiger partial charge in [0.1, 0.15) is 6.54 Å². The summed E-state index contributed by atoms with van der Waals surface area (Å²) in [5.74, 6) is 0.282. The van der Waals surface area contributed by atoms with Gasteiger partial charge in [-0.05, 0) is 30.9 Å². The molecular weight excluding hydrogens is 306 g/mol. The van der Waals surface area contributed by atoms with Crippen LogP contribution in [0.5, 0.6) is 0 Å². The number of hydrogen-bond acceptors (Lipinski definition) is 3. The number of rotatable bonds is 7. The summed E-state index contributed by atoms with van der Waals surface area (Å²) >= 11 is 0. The number of amides is 1. The monoisotopic (exact) mass is 331 g/mol. The van der Waals surface area contributed by atoms with Crippen LogP contribution in [0.15, 0.2) is 33.9 Å². The number of hydrogen-bond donors (Lipinski definition) is 1. The van der Waals surface area contributed by atoms with Crippen LogP contribution in [0.4, 0.5) is 0 Å². The molecule has 2 rings (SSSR count). The Morgan fingerprint density at radius 2 is 1.88 bits per heavy atom. The third-order valence-corrected chi connectivity index (χ3v) is 3.93. The Morgan fingerprint density at radius 3 is 2.54 bits per heavy atom. The van der Waals surface area contributed by atoms with E-state index in [0.29, 0.717) is 36.3 Å². The number of para-hydroxylation sites is 1. The van der Waals surface area contributed by atoms with Crippen molar-refractivity contribution in [2.45, 2.75) is 46.7 Å². The zero-order chi connectivity index (χ0) is 17.7. The lowest BCUT2D eigenvalue weighted by atomic mass is 10.1. The van der Waals surface area contributed by atoms with Crippen LogP contribution >= 0.6 is 0 Å². The molecule has 0 saturated heterocycles. The predicted molar refractivity (Wildman–Crippen MR) is 95.2 cm³/mol. The van der Waals surface area contributed by atoms with Gasteiger partial charge in [-0.1, -0.05) is 32.9 Å². The number of nitrogens with zero attached hydrogens (tertiary/aromatic N) is 2.